The first-order chi connectivity index (χ1) is 12.8. The average Bonchev–Trinajstić information content (AvgIpc) is 2.89. The van der Waals surface area contributed by atoms with Gasteiger partial charge in [0.25, 0.3) is 0 Å². The molecular weight excluding hydrogens is 334 g/mol. The molecule has 0 radical (unpaired) electrons. The Bertz CT molecular complexity index is 932. The Morgan fingerprint density at radius 3 is 2.19 bits per heavy atom. The summed E-state index contributed by atoms with van der Waals surface area (Å²) in [4.78, 5) is 1.92. The van der Waals surface area contributed by atoms with Crippen LogP contribution in [0.2, 0.25) is 0 Å². The molecule has 27 heavy (non-hydrogen) atoms. The van der Waals surface area contributed by atoms with Crippen LogP contribution in [0.4, 0.5) is 5.69 Å². The van der Waals surface area contributed by atoms with Crippen molar-refractivity contribution >= 4 is 17.1 Å². The average molecular weight is 361 g/mol. The number of allylic oxidation sites excluding steroid dienone is 2. The number of aliphatic hydroxyl groups excluding tert-OH is 1. The molecule has 0 saturated carbocycles. The molecule has 4 nitrogen and oxygen atoms in total. The summed E-state index contributed by atoms with van der Waals surface area (Å²) in [6.45, 7) is 10.2. The predicted molar refractivity (Wildman–Crippen MR) is 114 cm³/mol. The molecule has 1 aliphatic rings. The first kappa shape index (κ1) is 18.8. The van der Waals surface area contributed by atoms with Crippen molar-refractivity contribution in [3.8, 4) is 0 Å². The van der Waals surface area contributed by atoms with Crippen molar-refractivity contribution in [1.29, 1.82) is 0 Å². The third kappa shape index (κ3) is 3.61. The fourth-order valence-electron chi connectivity index (χ4n) is 3.55. The van der Waals surface area contributed by atoms with Gasteiger partial charge in [-0.05, 0) is 63.0 Å². The molecule has 0 aromatic heterocycles. The highest BCUT2D eigenvalue weighted by molar-refractivity contribution is 5.87. The number of rotatable bonds is 3. The van der Waals surface area contributed by atoms with E-state index in [0.29, 0.717) is 5.82 Å². The minimum atomic E-state index is 0.193. The van der Waals surface area contributed by atoms with Gasteiger partial charge in [0.15, 0.2) is 11.6 Å². The Morgan fingerprint density at radius 1 is 1.00 bits per heavy atom. The summed E-state index contributed by atoms with van der Waals surface area (Å²) >= 11 is 0. The van der Waals surface area contributed by atoms with Crippen molar-refractivity contribution in [2.24, 2.45) is 5.10 Å². The molecule has 0 aliphatic carbocycles. The van der Waals surface area contributed by atoms with E-state index < -0.39 is 0 Å². The van der Waals surface area contributed by atoms with Crippen molar-refractivity contribution in [2.75, 3.05) is 12.1 Å². The molecular formula is C23H27N3O. The van der Waals surface area contributed by atoms with Crippen molar-refractivity contribution < 1.29 is 5.11 Å². The van der Waals surface area contributed by atoms with Crippen LogP contribution in [0.3, 0.4) is 0 Å². The van der Waals surface area contributed by atoms with Crippen LogP contribution < -0.4 is 5.01 Å². The van der Waals surface area contributed by atoms with Gasteiger partial charge >= 0.3 is 0 Å². The number of anilines is 1. The molecule has 4 heteroatoms. The number of hydrogen-bond donors (Lipinski definition) is 1. The molecule has 0 amide bonds. The lowest BCUT2D eigenvalue weighted by atomic mass is 10.0. The third-order valence-electron chi connectivity index (χ3n) is 4.91. The molecule has 1 heterocycles. The SMILES string of the molecule is CC1=NN(c2c(C)cc(C)cc2C)/C(=C(O)\C=C(/C)c2ccccc2)N1C. The molecule has 0 bridgehead atoms. The van der Waals surface area contributed by atoms with E-state index in [0.717, 1.165) is 33.8 Å². The Balaban J connectivity index is 2.11. The second-order valence-corrected chi connectivity index (χ2v) is 7.17. The molecule has 0 spiro atoms. The molecule has 140 valence electrons. The standard InChI is InChI=1S/C23H27N3O/c1-15-12-17(3)22(18(4)13-15)26-23(25(6)19(5)24-26)21(27)14-16(2)20-10-8-7-9-11-20/h7-14,27H,1-6H3/b16-14+,23-21+. The monoisotopic (exact) mass is 361 g/mol. The highest BCUT2D eigenvalue weighted by atomic mass is 16.3. The van der Waals surface area contributed by atoms with Gasteiger partial charge in [-0.1, -0.05) is 48.0 Å². The van der Waals surface area contributed by atoms with Gasteiger partial charge in [-0.15, -0.1) is 0 Å². The Morgan fingerprint density at radius 2 is 1.59 bits per heavy atom. The summed E-state index contributed by atoms with van der Waals surface area (Å²) < 4.78 is 0. The van der Waals surface area contributed by atoms with Crippen LogP contribution in [0, 0.1) is 20.8 Å². The molecule has 0 fully saturated rings. The quantitative estimate of drug-likeness (QED) is 0.731. The number of benzene rings is 2. The van der Waals surface area contributed by atoms with Crippen molar-refractivity contribution in [1.82, 2.24) is 4.90 Å². The third-order valence-corrected chi connectivity index (χ3v) is 4.91. The van der Waals surface area contributed by atoms with Crippen molar-refractivity contribution in [3.63, 3.8) is 0 Å². The molecule has 2 aromatic rings. The van der Waals surface area contributed by atoms with E-state index in [9.17, 15) is 5.11 Å². The lowest BCUT2D eigenvalue weighted by molar-refractivity contribution is 0.404. The van der Waals surface area contributed by atoms with E-state index in [2.05, 4.69) is 32.9 Å². The van der Waals surface area contributed by atoms with Crippen molar-refractivity contribution in [3.05, 3.63) is 82.4 Å². The Hall–Kier alpha value is -3.01. The highest BCUT2D eigenvalue weighted by Gasteiger charge is 2.29. The van der Waals surface area contributed by atoms with Gasteiger partial charge in [-0.3, -0.25) is 0 Å². The first-order valence-corrected chi connectivity index (χ1v) is 9.13. The summed E-state index contributed by atoms with van der Waals surface area (Å²) in [5.41, 5.74) is 6.57. The second-order valence-electron chi connectivity index (χ2n) is 7.17. The molecule has 0 atom stereocenters. The lowest BCUT2D eigenvalue weighted by Crippen LogP contribution is -2.26. The van der Waals surface area contributed by atoms with E-state index in [4.69, 9.17) is 5.10 Å². The first-order valence-electron chi connectivity index (χ1n) is 9.13. The molecule has 3 rings (SSSR count). The van der Waals surface area contributed by atoms with Crippen LogP contribution in [0.15, 0.2) is 65.2 Å². The van der Waals surface area contributed by atoms with Gasteiger partial charge in [0, 0.05) is 7.05 Å². The van der Waals surface area contributed by atoms with Gasteiger partial charge in [0.05, 0.1) is 5.69 Å². The summed E-state index contributed by atoms with van der Waals surface area (Å²) in [7, 11) is 1.93. The molecule has 0 saturated heterocycles. The van der Waals surface area contributed by atoms with E-state index in [1.165, 1.54) is 5.56 Å². The zero-order chi connectivity index (χ0) is 19.7. The van der Waals surface area contributed by atoms with Crippen LogP contribution in [0.1, 0.15) is 36.1 Å². The zero-order valence-corrected chi connectivity index (χ0v) is 16.9. The largest absolute Gasteiger partial charge is 0.504 e. The van der Waals surface area contributed by atoms with Crippen LogP contribution in [-0.2, 0) is 0 Å². The van der Waals surface area contributed by atoms with Gasteiger partial charge in [-0.2, -0.15) is 5.10 Å². The number of nitrogens with zero attached hydrogens (tertiary/aromatic N) is 3. The van der Waals surface area contributed by atoms with Crippen LogP contribution in [-0.4, -0.2) is 22.9 Å². The molecule has 2 aromatic carbocycles. The minimum Gasteiger partial charge on any atom is -0.504 e. The maximum Gasteiger partial charge on any atom is 0.178 e. The number of aliphatic hydroxyl groups is 1. The van der Waals surface area contributed by atoms with E-state index in [1.54, 1.807) is 6.08 Å². The number of aryl methyl sites for hydroxylation is 3. The van der Waals surface area contributed by atoms with E-state index in [-0.39, 0.29) is 5.76 Å². The second kappa shape index (κ2) is 7.31. The zero-order valence-electron chi connectivity index (χ0n) is 16.9. The van der Waals surface area contributed by atoms with Crippen LogP contribution >= 0.6 is 0 Å². The normalized spacial score (nSPS) is 16.7. The summed E-state index contributed by atoms with van der Waals surface area (Å²) in [6.07, 6.45) is 1.81. The van der Waals surface area contributed by atoms with Crippen molar-refractivity contribution in [2.45, 2.75) is 34.6 Å². The van der Waals surface area contributed by atoms with Crippen LogP contribution in [0.5, 0.6) is 0 Å². The van der Waals surface area contributed by atoms with E-state index >= 15 is 0 Å². The highest BCUT2D eigenvalue weighted by Crippen LogP contribution is 2.35. The lowest BCUT2D eigenvalue weighted by Gasteiger charge is -2.24. The number of hydrogen-bond acceptors (Lipinski definition) is 4. The number of amidine groups is 1. The minimum absolute atomic E-state index is 0.193. The summed E-state index contributed by atoms with van der Waals surface area (Å²) in [5, 5.41) is 17.5. The Kier molecular flexibility index (Phi) is 5.08. The Labute approximate surface area is 161 Å². The van der Waals surface area contributed by atoms with Gasteiger partial charge in [0.2, 0.25) is 0 Å². The summed E-state index contributed by atoms with van der Waals surface area (Å²) in [5.74, 6) is 1.69. The van der Waals surface area contributed by atoms with Gasteiger partial charge in [0.1, 0.15) is 5.84 Å². The number of hydrazone groups is 1. The smallest absolute Gasteiger partial charge is 0.178 e. The van der Waals surface area contributed by atoms with Gasteiger partial charge < -0.3 is 10.0 Å². The molecule has 1 aliphatic heterocycles. The topological polar surface area (TPSA) is 39.1 Å². The van der Waals surface area contributed by atoms with Crippen LogP contribution in [0.25, 0.3) is 5.57 Å². The summed E-state index contributed by atoms with van der Waals surface area (Å²) in [6, 6.07) is 14.3. The fraction of sp³-hybridized carbons (Fsp3) is 0.261. The fourth-order valence-corrected chi connectivity index (χ4v) is 3.55. The van der Waals surface area contributed by atoms with Gasteiger partial charge in [-0.25, -0.2) is 5.01 Å². The molecule has 1 N–H and O–H groups in total. The maximum atomic E-state index is 11.0. The molecule has 0 unspecified atom stereocenters. The predicted octanol–water partition coefficient (Wildman–Crippen LogP) is 5.53. The van der Waals surface area contributed by atoms with E-state index in [1.807, 2.05) is 61.1 Å². The maximum absolute atomic E-state index is 11.0.